The van der Waals surface area contributed by atoms with E-state index in [9.17, 15) is 0 Å². The van der Waals surface area contributed by atoms with Crippen molar-refractivity contribution in [1.82, 2.24) is 0 Å². The summed E-state index contributed by atoms with van der Waals surface area (Å²) in [4.78, 5) is 0. The van der Waals surface area contributed by atoms with Crippen LogP contribution in [0.1, 0.15) is 107 Å². The van der Waals surface area contributed by atoms with Gasteiger partial charge in [-0.1, -0.05) is 92.2 Å². The normalized spacial score (nSPS) is 32.7. The Bertz CT molecular complexity index is 885. The molecule has 0 amide bonds. The molecule has 0 heterocycles. The minimum absolute atomic E-state index is 0.0532. The molecule has 3 fully saturated rings. The second kappa shape index (κ2) is 11.1. The van der Waals surface area contributed by atoms with Crippen LogP contribution in [0.25, 0.3) is 0 Å². The summed E-state index contributed by atoms with van der Waals surface area (Å²) >= 11 is 0. The highest BCUT2D eigenvalue weighted by Crippen LogP contribution is 2.59. The minimum Gasteiger partial charge on any atom is -0.410 e. The summed E-state index contributed by atoms with van der Waals surface area (Å²) in [5.41, 5.74) is 4.86. The number of hydrogen-bond donors (Lipinski definition) is 0. The van der Waals surface area contributed by atoms with Crippen molar-refractivity contribution in [3.8, 4) is 0 Å². The fraction of sp³-hybridized carbons (Fsp3) is 0.824. The van der Waals surface area contributed by atoms with Crippen molar-refractivity contribution in [1.29, 1.82) is 0 Å². The van der Waals surface area contributed by atoms with Crippen molar-refractivity contribution >= 4 is 16.6 Å². The molecule has 0 aliphatic heterocycles. The molecule has 0 N–H and O–H groups in total. The summed E-state index contributed by atoms with van der Waals surface area (Å²) < 4.78 is 14.1. The molecule has 5 atom stereocenters. The Morgan fingerprint density at radius 2 is 1.37 bits per heavy atom. The van der Waals surface area contributed by atoms with Gasteiger partial charge >= 0.3 is 0 Å². The van der Waals surface area contributed by atoms with Crippen molar-refractivity contribution in [2.24, 2.45) is 23.2 Å². The van der Waals surface area contributed by atoms with Crippen molar-refractivity contribution < 1.29 is 8.85 Å². The highest BCUT2D eigenvalue weighted by Gasteiger charge is 2.50. The van der Waals surface area contributed by atoms with Gasteiger partial charge in [0.25, 0.3) is 0 Å². The molecule has 38 heavy (non-hydrogen) atoms. The van der Waals surface area contributed by atoms with E-state index in [0.717, 1.165) is 30.6 Å². The lowest BCUT2D eigenvalue weighted by molar-refractivity contribution is 0.104. The van der Waals surface area contributed by atoms with Gasteiger partial charge in [0.15, 0.2) is 16.6 Å². The molecule has 0 bridgehead atoms. The van der Waals surface area contributed by atoms with E-state index < -0.39 is 16.6 Å². The predicted octanol–water partition coefficient (Wildman–Crippen LogP) is 10.8. The molecule has 218 valence electrons. The zero-order valence-electron chi connectivity index (χ0n) is 27.5. The van der Waals surface area contributed by atoms with Crippen LogP contribution in [-0.4, -0.2) is 28.8 Å². The van der Waals surface area contributed by atoms with Crippen LogP contribution in [0, 0.1) is 23.2 Å². The summed E-state index contributed by atoms with van der Waals surface area (Å²) in [6, 6.07) is 0. The fourth-order valence-corrected chi connectivity index (χ4v) is 9.66. The molecule has 3 aliphatic rings. The molecule has 0 aromatic rings. The molecule has 0 radical (unpaired) electrons. The predicted molar refractivity (Wildman–Crippen MR) is 172 cm³/mol. The first-order valence-electron chi connectivity index (χ1n) is 15.6. The Labute approximate surface area is 239 Å². The van der Waals surface area contributed by atoms with Gasteiger partial charge in [-0.2, -0.15) is 0 Å². The number of allylic oxidation sites excluding steroid dienone is 3. The Kier molecular flexibility index (Phi) is 9.37. The molecule has 3 saturated carbocycles. The lowest BCUT2D eigenvalue weighted by Crippen LogP contribution is -2.49. The van der Waals surface area contributed by atoms with Crippen LogP contribution in [0.2, 0.25) is 36.3 Å². The quantitative estimate of drug-likeness (QED) is 0.238. The maximum Gasteiger partial charge on any atom is 0.192 e. The van der Waals surface area contributed by atoms with E-state index in [-0.39, 0.29) is 22.3 Å². The zero-order valence-corrected chi connectivity index (χ0v) is 29.5. The first kappa shape index (κ1) is 32.1. The van der Waals surface area contributed by atoms with E-state index in [4.69, 9.17) is 8.85 Å². The van der Waals surface area contributed by atoms with Crippen molar-refractivity contribution in [3.63, 3.8) is 0 Å². The molecule has 0 saturated heterocycles. The van der Waals surface area contributed by atoms with Crippen LogP contribution in [0.5, 0.6) is 0 Å². The lowest BCUT2D eigenvalue weighted by Gasteiger charge is -2.46. The minimum atomic E-state index is -1.94. The molecule has 3 rings (SSSR count). The summed E-state index contributed by atoms with van der Waals surface area (Å²) in [7, 11) is -3.88. The lowest BCUT2D eigenvalue weighted by atomic mass is 9.61. The Balaban J connectivity index is 1.92. The van der Waals surface area contributed by atoms with Gasteiger partial charge in [-0.25, -0.2) is 0 Å². The van der Waals surface area contributed by atoms with Crippen molar-refractivity contribution in [2.45, 2.75) is 156 Å². The van der Waals surface area contributed by atoms with Crippen LogP contribution in [0.3, 0.4) is 0 Å². The summed E-state index contributed by atoms with van der Waals surface area (Å²) in [5.74, 6) is 2.41. The zero-order chi connectivity index (χ0) is 28.9. The molecular formula is C34H62O2Si2. The molecule has 4 heteroatoms. The number of rotatable bonds is 6. The maximum absolute atomic E-state index is 7.05. The van der Waals surface area contributed by atoms with Gasteiger partial charge < -0.3 is 8.85 Å². The number of fused-ring (bicyclic) bond motifs is 1. The fourth-order valence-electron chi connectivity index (χ4n) is 7.06. The Morgan fingerprint density at radius 1 is 0.868 bits per heavy atom. The van der Waals surface area contributed by atoms with Crippen LogP contribution in [0.4, 0.5) is 0 Å². The third-order valence-corrected chi connectivity index (χ3v) is 20.6. The third kappa shape index (κ3) is 6.55. The van der Waals surface area contributed by atoms with Crippen molar-refractivity contribution in [3.05, 3.63) is 35.5 Å². The SMILES string of the molecule is C=C1[C@H](O[Si](C)(C)C(C)(C)C)CC(=C/C=C2\CCC[C@]3(C)[C@@H](C(C)C)CC[C@@H]23)C[C@H]1O[Si](C)(C)C(C)(C)C. The average Bonchev–Trinajstić information content (AvgIpc) is 3.11. The smallest absolute Gasteiger partial charge is 0.192 e. The van der Waals surface area contributed by atoms with Gasteiger partial charge in [-0.3, -0.25) is 0 Å². The first-order valence-corrected chi connectivity index (χ1v) is 21.4. The average molecular weight is 559 g/mol. The molecule has 0 aromatic heterocycles. The first-order chi connectivity index (χ1) is 17.2. The maximum atomic E-state index is 7.05. The van der Waals surface area contributed by atoms with Gasteiger partial charge in [0.2, 0.25) is 0 Å². The van der Waals surface area contributed by atoms with Gasteiger partial charge in [0, 0.05) is 0 Å². The molecule has 3 aliphatic carbocycles. The van der Waals surface area contributed by atoms with Gasteiger partial charge in [0.1, 0.15) is 0 Å². The van der Waals surface area contributed by atoms with Gasteiger partial charge in [-0.15, -0.1) is 0 Å². The van der Waals surface area contributed by atoms with Crippen LogP contribution < -0.4 is 0 Å². The van der Waals surface area contributed by atoms with E-state index in [1.807, 2.05) is 0 Å². The third-order valence-electron chi connectivity index (χ3n) is 11.6. The van der Waals surface area contributed by atoms with E-state index in [1.54, 1.807) is 5.57 Å². The van der Waals surface area contributed by atoms with Crippen molar-refractivity contribution in [2.75, 3.05) is 0 Å². The highest BCUT2D eigenvalue weighted by atomic mass is 28.4. The monoisotopic (exact) mass is 558 g/mol. The summed E-state index contributed by atoms with van der Waals surface area (Å²) in [6.07, 6.45) is 13.9. The second-order valence-corrected chi connectivity index (χ2v) is 26.1. The van der Waals surface area contributed by atoms with E-state index >= 15 is 0 Å². The summed E-state index contributed by atoms with van der Waals surface area (Å²) in [6.45, 7) is 35.6. The van der Waals surface area contributed by atoms with Crippen LogP contribution in [0.15, 0.2) is 35.5 Å². The molecule has 0 aromatic carbocycles. The second-order valence-electron chi connectivity index (χ2n) is 16.6. The molecule has 0 unspecified atom stereocenters. The largest absolute Gasteiger partial charge is 0.410 e. The Morgan fingerprint density at radius 3 is 1.82 bits per heavy atom. The molecule has 0 spiro atoms. The van der Waals surface area contributed by atoms with Crippen LogP contribution in [-0.2, 0) is 8.85 Å². The van der Waals surface area contributed by atoms with Gasteiger partial charge in [-0.05, 0) is 110 Å². The molecular weight excluding hydrogens is 497 g/mol. The van der Waals surface area contributed by atoms with Gasteiger partial charge in [0.05, 0.1) is 12.2 Å². The standard InChI is InChI=1S/C34H62O2Si2/c1-24(2)28-19-20-29-27(16-15-21-34(28,29)10)18-17-26-22-30(35-37(11,12)32(4,5)6)25(3)31(23-26)36-38(13,14)33(7,8)9/h17-18,24,28-31H,3,15-16,19-23H2,1-2,4-14H3/b27-18+/t28-,29+,30-,31-,34-/m1/s1. The Hall–Kier alpha value is -0.426. The summed E-state index contributed by atoms with van der Waals surface area (Å²) in [5, 5.41) is 0.350. The van der Waals surface area contributed by atoms with Crippen LogP contribution >= 0.6 is 0 Å². The van der Waals surface area contributed by atoms with E-state index in [0.29, 0.717) is 5.41 Å². The van der Waals surface area contributed by atoms with E-state index in [1.165, 1.54) is 43.3 Å². The highest BCUT2D eigenvalue weighted by molar-refractivity contribution is 6.74. The topological polar surface area (TPSA) is 18.5 Å². The number of hydrogen-bond acceptors (Lipinski definition) is 2. The molecule has 2 nitrogen and oxygen atoms in total. The van der Waals surface area contributed by atoms with E-state index in [2.05, 4.69) is 107 Å².